The van der Waals surface area contributed by atoms with Crippen molar-refractivity contribution in [2.45, 2.75) is 25.8 Å². The lowest BCUT2D eigenvalue weighted by Gasteiger charge is -2.32. The summed E-state index contributed by atoms with van der Waals surface area (Å²) < 4.78 is 16.0. The van der Waals surface area contributed by atoms with Crippen molar-refractivity contribution >= 4 is 11.8 Å². The Bertz CT molecular complexity index is 895. The Morgan fingerprint density at radius 3 is 2.10 bits per heavy atom. The van der Waals surface area contributed by atoms with E-state index in [1.54, 1.807) is 17.0 Å². The highest BCUT2D eigenvalue weighted by molar-refractivity contribution is 5.96. The number of nitrogens with zero attached hydrogens (tertiary/aromatic N) is 1. The summed E-state index contributed by atoms with van der Waals surface area (Å²) in [5.74, 6) is 1.18. The predicted molar refractivity (Wildman–Crippen MR) is 114 cm³/mol. The van der Waals surface area contributed by atoms with Crippen LogP contribution in [-0.2, 0) is 0 Å². The second-order valence-electron chi connectivity index (χ2n) is 7.27. The maximum absolute atomic E-state index is 13.0. The van der Waals surface area contributed by atoms with Crippen LogP contribution in [0.4, 0.5) is 0 Å². The summed E-state index contributed by atoms with van der Waals surface area (Å²) in [4.78, 5) is 27.3. The number of carbonyl (C=O) groups excluding carboxylic acids is 2. The van der Waals surface area contributed by atoms with Gasteiger partial charge in [-0.1, -0.05) is 18.2 Å². The van der Waals surface area contributed by atoms with Crippen LogP contribution in [0.2, 0.25) is 0 Å². The summed E-state index contributed by atoms with van der Waals surface area (Å²) in [6.45, 7) is 3.05. The number of likely N-dealkylation sites (tertiary alicyclic amines) is 1. The molecule has 2 aromatic rings. The van der Waals surface area contributed by atoms with Gasteiger partial charge in [-0.3, -0.25) is 9.59 Å². The molecule has 1 saturated heterocycles. The van der Waals surface area contributed by atoms with Gasteiger partial charge in [0.25, 0.3) is 11.8 Å². The minimum absolute atomic E-state index is 0.0427. The highest BCUT2D eigenvalue weighted by Crippen LogP contribution is 2.38. The summed E-state index contributed by atoms with van der Waals surface area (Å²) in [6, 6.07) is 10.9. The molecule has 0 radical (unpaired) electrons. The van der Waals surface area contributed by atoms with Crippen LogP contribution >= 0.6 is 0 Å². The van der Waals surface area contributed by atoms with Gasteiger partial charge in [-0.15, -0.1) is 0 Å². The number of nitrogens with one attached hydrogen (secondary N) is 1. The van der Waals surface area contributed by atoms with Crippen molar-refractivity contribution in [3.05, 3.63) is 53.1 Å². The average Bonchev–Trinajstić information content (AvgIpc) is 2.78. The molecule has 0 atom stereocenters. The van der Waals surface area contributed by atoms with Crippen molar-refractivity contribution in [1.82, 2.24) is 10.2 Å². The number of carbonyl (C=O) groups is 2. The molecule has 0 bridgehead atoms. The average molecular weight is 412 g/mol. The van der Waals surface area contributed by atoms with E-state index in [-0.39, 0.29) is 17.9 Å². The highest BCUT2D eigenvalue weighted by Gasteiger charge is 2.27. The molecule has 1 aliphatic heterocycles. The smallest absolute Gasteiger partial charge is 0.254 e. The topological polar surface area (TPSA) is 77.1 Å². The van der Waals surface area contributed by atoms with Crippen LogP contribution in [0.3, 0.4) is 0 Å². The first-order valence-electron chi connectivity index (χ1n) is 9.94. The monoisotopic (exact) mass is 412 g/mol. The number of methoxy groups -OCH3 is 3. The molecular weight excluding hydrogens is 384 g/mol. The van der Waals surface area contributed by atoms with Gasteiger partial charge in [0, 0.05) is 30.3 Å². The van der Waals surface area contributed by atoms with Gasteiger partial charge >= 0.3 is 0 Å². The van der Waals surface area contributed by atoms with E-state index in [2.05, 4.69) is 5.32 Å². The Balaban J connectivity index is 1.64. The second-order valence-corrected chi connectivity index (χ2v) is 7.27. The minimum Gasteiger partial charge on any atom is -0.493 e. The van der Waals surface area contributed by atoms with Crippen LogP contribution in [0.15, 0.2) is 36.4 Å². The Hall–Kier alpha value is -3.22. The molecular formula is C23H28N2O5. The number of piperidine rings is 1. The van der Waals surface area contributed by atoms with E-state index in [4.69, 9.17) is 14.2 Å². The maximum atomic E-state index is 13.0. The van der Waals surface area contributed by atoms with E-state index < -0.39 is 0 Å². The molecule has 0 aromatic heterocycles. The zero-order chi connectivity index (χ0) is 21.7. The fourth-order valence-electron chi connectivity index (χ4n) is 3.70. The number of amides is 2. The summed E-state index contributed by atoms with van der Waals surface area (Å²) in [5.41, 5.74) is 2.12. The van der Waals surface area contributed by atoms with Crippen molar-refractivity contribution < 1.29 is 23.8 Å². The molecule has 7 heteroatoms. The van der Waals surface area contributed by atoms with Crippen LogP contribution in [-0.4, -0.2) is 57.2 Å². The van der Waals surface area contributed by atoms with Crippen LogP contribution in [0.5, 0.6) is 17.2 Å². The number of hydrogen-bond acceptors (Lipinski definition) is 5. The zero-order valence-electron chi connectivity index (χ0n) is 17.9. The molecule has 160 valence electrons. The number of benzene rings is 2. The van der Waals surface area contributed by atoms with Gasteiger partial charge in [0.2, 0.25) is 5.75 Å². The largest absolute Gasteiger partial charge is 0.493 e. The van der Waals surface area contributed by atoms with Gasteiger partial charge in [-0.05, 0) is 43.5 Å². The zero-order valence-corrected chi connectivity index (χ0v) is 17.9. The van der Waals surface area contributed by atoms with Crippen molar-refractivity contribution in [3.63, 3.8) is 0 Å². The van der Waals surface area contributed by atoms with Crippen LogP contribution in [0, 0.1) is 6.92 Å². The fourth-order valence-corrected chi connectivity index (χ4v) is 3.70. The molecule has 0 unspecified atom stereocenters. The van der Waals surface area contributed by atoms with E-state index in [9.17, 15) is 9.59 Å². The standard InChI is InChI=1S/C23H28N2O5/c1-15-7-5-6-8-18(15)22(26)24-17-9-11-25(12-10-17)23(27)16-13-19(28-2)21(30-4)20(14-16)29-3/h5-8,13-14,17H,9-12H2,1-4H3,(H,24,26). The first-order chi connectivity index (χ1) is 14.5. The number of aryl methyl sites for hydroxylation is 1. The molecule has 1 fully saturated rings. The summed E-state index contributed by atoms with van der Waals surface area (Å²) in [5, 5.41) is 3.09. The Kier molecular flexibility index (Phi) is 6.82. The molecule has 2 aromatic carbocycles. The van der Waals surface area contributed by atoms with E-state index in [1.165, 1.54) is 21.3 Å². The maximum Gasteiger partial charge on any atom is 0.254 e. The Labute approximate surface area is 176 Å². The minimum atomic E-state index is -0.0991. The van der Waals surface area contributed by atoms with Crippen molar-refractivity contribution in [1.29, 1.82) is 0 Å². The molecule has 1 heterocycles. The first-order valence-corrected chi connectivity index (χ1v) is 9.94. The molecule has 30 heavy (non-hydrogen) atoms. The van der Waals surface area contributed by atoms with Crippen molar-refractivity contribution in [3.8, 4) is 17.2 Å². The normalized spacial score (nSPS) is 14.2. The molecule has 7 nitrogen and oxygen atoms in total. The van der Waals surface area contributed by atoms with Crippen molar-refractivity contribution in [2.24, 2.45) is 0 Å². The lowest BCUT2D eigenvalue weighted by atomic mass is 10.0. The van der Waals surface area contributed by atoms with Crippen LogP contribution in [0.25, 0.3) is 0 Å². The first kappa shape index (κ1) is 21.5. The molecule has 2 amide bonds. The quantitative estimate of drug-likeness (QED) is 0.789. The van der Waals surface area contributed by atoms with Crippen molar-refractivity contribution in [2.75, 3.05) is 34.4 Å². The third-order valence-electron chi connectivity index (χ3n) is 5.42. The predicted octanol–water partition coefficient (Wildman–Crippen LogP) is 3.06. The van der Waals surface area contributed by atoms with E-state index in [1.807, 2.05) is 31.2 Å². The lowest BCUT2D eigenvalue weighted by molar-refractivity contribution is 0.0697. The number of hydrogen-bond donors (Lipinski definition) is 1. The molecule has 0 aliphatic carbocycles. The van der Waals surface area contributed by atoms with Gasteiger partial charge in [0.1, 0.15) is 0 Å². The Morgan fingerprint density at radius 1 is 0.967 bits per heavy atom. The summed E-state index contributed by atoms with van der Waals surface area (Å²) >= 11 is 0. The summed E-state index contributed by atoms with van der Waals surface area (Å²) in [6.07, 6.45) is 1.40. The van der Waals surface area contributed by atoms with E-state index in [0.29, 0.717) is 54.3 Å². The molecule has 1 aliphatic rings. The molecule has 0 spiro atoms. The highest BCUT2D eigenvalue weighted by atomic mass is 16.5. The lowest BCUT2D eigenvalue weighted by Crippen LogP contribution is -2.46. The SMILES string of the molecule is COc1cc(C(=O)N2CCC(NC(=O)c3ccccc3C)CC2)cc(OC)c1OC. The molecule has 1 N–H and O–H groups in total. The molecule has 3 rings (SSSR count). The van der Waals surface area contributed by atoms with Gasteiger partial charge in [-0.25, -0.2) is 0 Å². The Morgan fingerprint density at radius 2 is 1.57 bits per heavy atom. The van der Waals surface area contributed by atoms with Gasteiger partial charge in [-0.2, -0.15) is 0 Å². The van der Waals surface area contributed by atoms with Gasteiger partial charge < -0.3 is 24.4 Å². The fraction of sp³-hybridized carbons (Fsp3) is 0.391. The van der Waals surface area contributed by atoms with Crippen LogP contribution < -0.4 is 19.5 Å². The van der Waals surface area contributed by atoms with E-state index >= 15 is 0 Å². The van der Waals surface area contributed by atoms with E-state index in [0.717, 1.165) is 5.56 Å². The second kappa shape index (κ2) is 9.52. The third-order valence-corrected chi connectivity index (χ3v) is 5.42. The van der Waals surface area contributed by atoms with Crippen LogP contribution in [0.1, 0.15) is 39.1 Å². The third kappa shape index (κ3) is 4.50. The van der Waals surface area contributed by atoms with Gasteiger partial charge in [0.05, 0.1) is 21.3 Å². The summed E-state index contributed by atoms with van der Waals surface area (Å²) in [7, 11) is 4.57. The van der Waals surface area contributed by atoms with Gasteiger partial charge in [0.15, 0.2) is 11.5 Å². The molecule has 0 saturated carbocycles. The number of ether oxygens (including phenoxy) is 3. The number of rotatable bonds is 6.